The van der Waals surface area contributed by atoms with Crippen LogP contribution in [0.1, 0.15) is 24.8 Å². The molecular formula is C18H29N3O3S2. The van der Waals surface area contributed by atoms with Crippen LogP contribution >= 0.6 is 11.3 Å². The third kappa shape index (κ3) is 3.59. The number of thiophene rings is 1. The van der Waals surface area contributed by atoms with Crippen LogP contribution in [0, 0.1) is 6.92 Å². The van der Waals surface area contributed by atoms with Gasteiger partial charge in [-0.2, -0.15) is 4.31 Å². The first-order valence-electron chi connectivity index (χ1n) is 9.51. The van der Waals surface area contributed by atoms with E-state index in [2.05, 4.69) is 16.8 Å². The van der Waals surface area contributed by atoms with Crippen molar-refractivity contribution >= 4 is 21.4 Å². The molecule has 1 aromatic heterocycles. The number of hydrogen-bond donors (Lipinski definition) is 0. The molecule has 0 bridgehead atoms. The molecule has 1 atom stereocenters. The van der Waals surface area contributed by atoms with Crippen LogP contribution in [0.5, 0.6) is 0 Å². The third-order valence-corrected chi connectivity index (χ3v) is 9.66. The molecule has 0 N–H and O–H groups in total. The van der Waals surface area contributed by atoms with Crippen LogP contribution in [0.25, 0.3) is 0 Å². The Kier molecular flexibility index (Phi) is 5.18. The van der Waals surface area contributed by atoms with Crippen molar-refractivity contribution < 1.29 is 13.2 Å². The Morgan fingerprint density at radius 3 is 2.42 bits per heavy atom. The standard InChI is InChI=1S/C18H29N3O3S2/c1-15-3-12-25-17(15)26(22,23)21-6-4-18(5-7-21)13-16(24-18)14-20-10-8-19(2)9-11-20/h3,12,16H,4-11,13-14H2,1-2H3/t16-/m1/s1. The smallest absolute Gasteiger partial charge is 0.252 e. The average molecular weight is 400 g/mol. The van der Waals surface area contributed by atoms with E-state index in [1.807, 2.05) is 18.4 Å². The predicted octanol–water partition coefficient (Wildman–Crippen LogP) is 1.62. The highest BCUT2D eigenvalue weighted by Crippen LogP contribution is 2.42. The molecule has 4 heterocycles. The first-order chi connectivity index (χ1) is 12.4. The van der Waals surface area contributed by atoms with Crippen molar-refractivity contribution in [2.75, 3.05) is 52.9 Å². The van der Waals surface area contributed by atoms with Gasteiger partial charge in [0.1, 0.15) is 4.21 Å². The van der Waals surface area contributed by atoms with E-state index in [-0.39, 0.29) is 5.60 Å². The van der Waals surface area contributed by atoms with Crippen LogP contribution in [0.3, 0.4) is 0 Å². The maximum absolute atomic E-state index is 12.8. The zero-order chi connectivity index (χ0) is 18.4. The van der Waals surface area contributed by atoms with Crippen molar-refractivity contribution in [2.45, 2.75) is 42.1 Å². The minimum Gasteiger partial charge on any atom is -0.370 e. The zero-order valence-electron chi connectivity index (χ0n) is 15.7. The number of ether oxygens (including phenoxy) is 1. The molecule has 3 saturated heterocycles. The molecule has 4 rings (SSSR count). The minimum absolute atomic E-state index is 0.0756. The van der Waals surface area contributed by atoms with Crippen molar-refractivity contribution in [1.29, 1.82) is 0 Å². The second kappa shape index (κ2) is 7.14. The SMILES string of the molecule is Cc1ccsc1S(=O)(=O)N1CCC2(CC1)C[C@H](CN1CCN(C)CC1)O2. The van der Waals surface area contributed by atoms with Crippen molar-refractivity contribution in [3.63, 3.8) is 0 Å². The summed E-state index contributed by atoms with van der Waals surface area (Å²) in [4.78, 5) is 4.86. The highest BCUT2D eigenvalue weighted by atomic mass is 32.2. The summed E-state index contributed by atoms with van der Waals surface area (Å²) in [6, 6.07) is 1.88. The first-order valence-corrected chi connectivity index (χ1v) is 11.8. The summed E-state index contributed by atoms with van der Waals surface area (Å²) in [5.41, 5.74) is 0.774. The molecule has 1 aromatic rings. The monoisotopic (exact) mass is 399 g/mol. The lowest BCUT2D eigenvalue weighted by atomic mass is 9.81. The number of sulfonamides is 1. The molecule has 146 valence electrons. The number of piperidine rings is 1. The van der Waals surface area contributed by atoms with Gasteiger partial charge in [-0.3, -0.25) is 4.90 Å². The van der Waals surface area contributed by atoms with E-state index < -0.39 is 10.0 Å². The lowest BCUT2D eigenvalue weighted by molar-refractivity contribution is -0.226. The molecule has 0 saturated carbocycles. The van der Waals surface area contributed by atoms with Crippen molar-refractivity contribution in [1.82, 2.24) is 14.1 Å². The van der Waals surface area contributed by atoms with Crippen LogP contribution in [0.4, 0.5) is 0 Å². The normalized spacial score (nSPS) is 28.3. The summed E-state index contributed by atoms with van der Waals surface area (Å²) >= 11 is 1.32. The Morgan fingerprint density at radius 2 is 1.85 bits per heavy atom. The van der Waals surface area contributed by atoms with E-state index in [1.54, 1.807) is 4.31 Å². The van der Waals surface area contributed by atoms with Crippen LogP contribution in [-0.2, 0) is 14.8 Å². The molecule has 0 radical (unpaired) electrons. The fourth-order valence-corrected chi connectivity index (χ4v) is 7.37. The molecule has 8 heteroatoms. The number of nitrogens with zero attached hydrogens (tertiary/aromatic N) is 3. The van der Waals surface area contributed by atoms with E-state index in [1.165, 1.54) is 11.3 Å². The quantitative estimate of drug-likeness (QED) is 0.770. The van der Waals surface area contributed by atoms with E-state index in [0.29, 0.717) is 23.4 Å². The highest BCUT2D eigenvalue weighted by Gasteiger charge is 2.49. The molecule has 3 aliphatic rings. The second-order valence-corrected chi connectivity index (χ2v) is 11.1. The summed E-state index contributed by atoms with van der Waals surface area (Å²) in [6.45, 7) is 8.53. The summed E-state index contributed by atoms with van der Waals surface area (Å²) in [6.07, 6.45) is 3.03. The lowest BCUT2D eigenvalue weighted by Gasteiger charge is -2.53. The van der Waals surface area contributed by atoms with Gasteiger partial charge in [-0.05, 0) is 43.8 Å². The third-order valence-electron chi connectivity index (χ3n) is 6.10. The van der Waals surface area contributed by atoms with Gasteiger partial charge in [0.05, 0.1) is 11.7 Å². The zero-order valence-corrected chi connectivity index (χ0v) is 17.3. The summed E-state index contributed by atoms with van der Waals surface area (Å²) in [5.74, 6) is 0. The average Bonchev–Trinajstić information content (AvgIpc) is 3.03. The molecule has 0 unspecified atom stereocenters. The van der Waals surface area contributed by atoms with Crippen LogP contribution in [0.2, 0.25) is 0 Å². The largest absolute Gasteiger partial charge is 0.370 e. The van der Waals surface area contributed by atoms with E-state index >= 15 is 0 Å². The van der Waals surface area contributed by atoms with Crippen molar-refractivity contribution in [3.8, 4) is 0 Å². The lowest BCUT2D eigenvalue weighted by Crippen LogP contribution is -2.60. The van der Waals surface area contributed by atoms with Gasteiger partial charge in [0.25, 0.3) is 10.0 Å². The summed E-state index contributed by atoms with van der Waals surface area (Å²) < 4.78 is 34.1. The Bertz CT molecular complexity index is 725. The Morgan fingerprint density at radius 1 is 1.19 bits per heavy atom. The highest BCUT2D eigenvalue weighted by molar-refractivity contribution is 7.91. The topological polar surface area (TPSA) is 53.1 Å². The summed E-state index contributed by atoms with van der Waals surface area (Å²) in [7, 11) is -1.17. The predicted molar refractivity (Wildman–Crippen MR) is 103 cm³/mol. The number of hydrogen-bond acceptors (Lipinski definition) is 6. The van der Waals surface area contributed by atoms with Gasteiger partial charge in [-0.15, -0.1) is 11.3 Å². The number of rotatable bonds is 4. The fourth-order valence-electron chi connectivity index (χ4n) is 4.38. The molecule has 3 aliphatic heterocycles. The number of aryl methyl sites for hydroxylation is 1. The molecule has 0 aliphatic carbocycles. The van der Waals surface area contributed by atoms with Gasteiger partial charge in [0, 0.05) is 52.2 Å². The Balaban J connectivity index is 1.28. The van der Waals surface area contributed by atoms with Gasteiger partial charge in [-0.1, -0.05) is 0 Å². The first kappa shape index (κ1) is 18.8. The molecule has 26 heavy (non-hydrogen) atoms. The molecule has 3 fully saturated rings. The van der Waals surface area contributed by atoms with Gasteiger partial charge >= 0.3 is 0 Å². The van der Waals surface area contributed by atoms with Crippen molar-refractivity contribution in [3.05, 3.63) is 17.0 Å². The maximum Gasteiger partial charge on any atom is 0.252 e. The van der Waals surface area contributed by atoms with Gasteiger partial charge in [-0.25, -0.2) is 8.42 Å². The second-order valence-electron chi connectivity index (χ2n) is 8.03. The van der Waals surface area contributed by atoms with Gasteiger partial charge in [0.15, 0.2) is 0 Å². The number of piperazine rings is 1. The van der Waals surface area contributed by atoms with E-state index in [9.17, 15) is 8.42 Å². The molecular weight excluding hydrogens is 370 g/mol. The Labute approximate surface area is 160 Å². The molecule has 0 amide bonds. The minimum atomic E-state index is -3.34. The molecule has 6 nitrogen and oxygen atoms in total. The Hall–Kier alpha value is -0.510. The van der Waals surface area contributed by atoms with Gasteiger partial charge in [0.2, 0.25) is 0 Å². The fraction of sp³-hybridized carbons (Fsp3) is 0.778. The number of likely N-dealkylation sites (N-methyl/N-ethyl adjacent to an activating group) is 1. The van der Waals surface area contributed by atoms with Crippen LogP contribution in [0.15, 0.2) is 15.7 Å². The summed E-state index contributed by atoms with van der Waals surface area (Å²) in [5, 5.41) is 1.85. The maximum atomic E-state index is 12.8. The van der Waals surface area contributed by atoms with E-state index in [4.69, 9.17) is 4.74 Å². The van der Waals surface area contributed by atoms with E-state index in [0.717, 1.165) is 57.5 Å². The van der Waals surface area contributed by atoms with Crippen LogP contribution < -0.4 is 0 Å². The van der Waals surface area contributed by atoms with Gasteiger partial charge < -0.3 is 9.64 Å². The van der Waals surface area contributed by atoms with Crippen molar-refractivity contribution in [2.24, 2.45) is 0 Å². The van der Waals surface area contributed by atoms with Crippen LogP contribution in [-0.4, -0.2) is 87.1 Å². The molecule has 0 aromatic carbocycles. The molecule has 1 spiro atoms.